The number of hydrogen-bond donors (Lipinski definition) is 1. The minimum atomic E-state index is -0.340. The van der Waals surface area contributed by atoms with Crippen molar-refractivity contribution in [2.24, 2.45) is 7.05 Å². The number of pyridine rings is 1. The second-order valence-electron chi connectivity index (χ2n) is 5.49. The molecule has 2 aromatic rings. The third-order valence-electron chi connectivity index (χ3n) is 3.97. The molecule has 0 radical (unpaired) electrons. The van der Waals surface area contributed by atoms with E-state index in [0.29, 0.717) is 37.5 Å². The van der Waals surface area contributed by atoms with E-state index >= 15 is 0 Å². The summed E-state index contributed by atoms with van der Waals surface area (Å²) in [5, 5.41) is 6.85. The Kier molecular flexibility index (Phi) is 4.45. The van der Waals surface area contributed by atoms with Crippen LogP contribution >= 0.6 is 0 Å². The summed E-state index contributed by atoms with van der Waals surface area (Å²) < 4.78 is 6.62. The lowest BCUT2D eigenvalue weighted by molar-refractivity contribution is 0.101. The molecule has 0 bridgehead atoms. The highest BCUT2D eigenvalue weighted by atomic mass is 16.6. The van der Waals surface area contributed by atoms with Gasteiger partial charge in [-0.05, 0) is 24.5 Å². The third-order valence-corrected chi connectivity index (χ3v) is 3.97. The Labute approximate surface area is 139 Å². The van der Waals surface area contributed by atoms with Crippen molar-refractivity contribution in [3.63, 3.8) is 0 Å². The number of amides is 2. The van der Waals surface area contributed by atoms with Gasteiger partial charge >= 0.3 is 6.09 Å². The minimum absolute atomic E-state index is 0.229. The quantitative estimate of drug-likeness (QED) is 0.923. The van der Waals surface area contributed by atoms with E-state index in [1.807, 2.05) is 0 Å². The number of aryl methyl sites for hydroxylation is 1. The molecule has 0 aliphatic carbocycles. The molecule has 0 atom stereocenters. The Hall–Kier alpha value is -2.90. The van der Waals surface area contributed by atoms with Gasteiger partial charge in [0.15, 0.2) is 0 Å². The van der Waals surface area contributed by atoms with Gasteiger partial charge in [0.2, 0.25) is 0 Å². The summed E-state index contributed by atoms with van der Waals surface area (Å²) in [5.41, 5.74) is 2.31. The smallest absolute Gasteiger partial charge is 0.410 e. The van der Waals surface area contributed by atoms with Crippen LogP contribution in [0.5, 0.6) is 0 Å². The monoisotopic (exact) mass is 329 g/mol. The number of aromatic nitrogens is 3. The maximum Gasteiger partial charge on any atom is 0.410 e. The molecule has 3 heterocycles. The van der Waals surface area contributed by atoms with E-state index in [0.717, 1.165) is 11.1 Å². The van der Waals surface area contributed by atoms with Crippen LogP contribution in [0.2, 0.25) is 0 Å². The summed E-state index contributed by atoms with van der Waals surface area (Å²) in [6.07, 6.45) is 5.12. The molecule has 0 spiro atoms. The van der Waals surface area contributed by atoms with Crippen LogP contribution in [-0.2, 0) is 24.8 Å². The topological polar surface area (TPSA) is 89.3 Å². The molecular formula is C16H19N5O3. The van der Waals surface area contributed by atoms with Crippen LogP contribution in [0, 0.1) is 0 Å². The van der Waals surface area contributed by atoms with Crippen molar-refractivity contribution in [3.05, 3.63) is 41.3 Å². The Morgan fingerprint density at radius 3 is 2.92 bits per heavy atom. The Balaban J connectivity index is 1.80. The lowest BCUT2D eigenvalue weighted by Gasteiger charge is -2.28. The average molecular weight is 329 g/mol. The molecule has 1 aliphatic rings. The molecule has 0 saturated carbocycles. The molecule has 0 aromatic carbocycles. The maximum atomic E-state index is 12.6. The van der Waals surface area contributed by atoms with E-state index in [9.17, 15) is 9.59 Å². The molecule has 1 N–H and O–H groups in total. The predicted octanol–water partition coefficient (Wildman–Crippen LogP) is 1.58. The van der Waals surface area contributed by atoms with Gasteiger partial charge in [0.05, 0.1) is 24.9 Å². The van der Waals surface area contributed by atoms with Gasteiger partial charge < -0.3 is 15.0 Å². The molecule has 8 heteroatoms. The fourth-order valence-electron chi connectivity index (χ4n) is 2.74. The molecule has 1 aliphatic heterocycles. The minimum Gasteiger partial charge on any atom is -0.450 e. The first-order valence-electron chi connectivity index (χ1n) is 7.77. The second-order valence-corrected chi connectivity index (χ2v) is 5.49. The number of hydrogen-bond acceptors (Lipinski definition) is 5. The van der Waals surface area contributed by atoms with Crippen molar-refractivity contribution < 1.29 is 14.3 Å². The molecule has 3 rings (SSSR count). The average Bonchev–Trinajstić information content (AvgIpc) is 2.98. The van der Waals surface area contributed by atoms with Crippen LogP contribution in [0.15, 0.2) is 24.7 Å². The van der Waals surface area contributed by atoms with E-state index in [1.165, 1.54) is 0 Å². The fourth-order valence-corrected chi connectivity index (χ4v) is 2.74. The van der Waals surface area contributed by atoms with Crippen molar-refractivity contribution in [1.82, 2.24) is 19.7 Å². The number of carbonyl (C=O) groups excluding carboxylic acids is 2. The van der Waals surface area contributed by atoms with E-state index in [2.05, 4.69) is 15.4 Å². The van der Waals surface area contributed by atoms with Gasteiger partial charge in [-0.1, -0.05) is 0 Å². The molecule has 126 valence electrons. The summed E-state index contributed by atoms with van der Waals surface area (Å²) in [6.45, 7) is 3.03. The molecule has 8 nitrogen and oxygen atoms in total. The number of ether oxygens (including phenoxy) is 1. The van der Waals surface area contributed by atoms with Crippen LogP contribution in [0.4, 0.5) is 10.6 Å². The number of nitrogens with one attached hydrogen (secondary N) is 1. The molecule has 24 heavy (non-hydrogen) atoms. The maximum absolute atomic E-state index is 12.6. The highest BCUT2D eigenvalue weighted by molar-refractivity contribution is 6.04. The third kappa shape index (κ3) is 3.08. The van der Waals surface area contributed by atoms with Gasteiger partial charge in [-0.15, -0.1) is 0 Å². The number of rotatable bonds is 3. The van der Waals surface area contributed by atoms with E-state index in [1.54, 1.807) is 48.2 Å². The van der Waals surface area contributed by atoms with Gasteiger partial charge in [0, 0.05) is 32.1 Å². The van der Waals surface area contributed by atoms with Crippen molar-refractivity contribution in [2.75, 3.05) is 18.5 Å². The number of nitrogens with zero attached hydrogens (tertiary/aromatic N) is 4. The standard InChI is InChI=1S/C16H19N5O3/c1-3-24-16(23)21-7-5-12-11(10-21)8-17-9-13(12)15(22)19-14-4-6-18-20(14)2/h4,6,8-9H,3,5,7,10H2,1-2H3,(H,19,22). The van der Waals surface area contributed by atoms with Crippen LogP contribution in [0.1, 0.15) is 28.4 Å². The zero-order valence-electron chi connectivity index (χ0n) is 13.7. The first-order valence-corrected chi connectivity index (χ1v) is 7.77. The number of fused-ring (bicyclic) bond motifs is 1. The van der Waals surface area contributed by atoms with Crippen molar-refractivity contribution in [1.29, 1.82) is 0 Å². The van der Waals surface area contributed by atoms with Gasteiger partial charge in [-0.2, -0.15) is 5.10 Å². The first kappa shape index (κ1) is 16.0. The van der Waals surface area contributed by atoms with Gasteiger partial charge in [-0.3, -0.25) is 14.5 Å². The Bertz CT molecular complexity index is 771. The van der Waals surface area contributed by atoms with E-state index in [-0.39, 0.29) is 12.0 Å². The van der Waals surface area contributed by atoms with Crippen molar-refractivity contribution in [3.8, 4) is 0 Å². The normalized spacial score (nSPS) is 13.3. The Morgan fingerprint density at radius 2 is 2.21 bits per heavy atom. The van der Waals surface area contributed by atoms with E-state index in [4.69, 9.17) is 4.74 Å². The first-order chi connectivity index (χ1) is 11.6. The molecule has 0 unspecified atom stereocenters. The molecule has 0 fully saturated rings. The second kappa shape index (κ2) is 6.69. The fraction of sp³-hybridized carbons (Fsp3) is 0.375. The Morgan fingerprint density at radius 1 is 1.38 bits per heavy atom. The SMILES string of the molecule is CCOC(=O)N1CCc2c(cncc2C(=O)Nc2ccnn2C)C1. The van der Waals surface area contributed by atoms with Crippen molar-refractivity contribution >= 4 is 17.8 Å². The molecular weight excluding hydrogens is 310 g/mol. The molecule has 2 aromatic heterocycles. The summed E-state index contributed by atoms with van der Waals surface area (Å²) in [5.74, 6) is 0.383. The van der Waals surface area contributed by atoms with Crippen LogP contribution in [0.3, 0.4) is 0 Å². The lowest BCUT2D eigenvalue weighted by atomic mass is 9.97. The summed E-state index contributed by atoms with van der Waals surface area (Å²) in [7, 11) is 1.76. The van der Waals surface area contributed by atoms with Crippen LogP contribution in [-0.4, -0.2) is 44.8 Å². The zero-order valence-corrected chi connectivity index (χ0v) is 13.7. The summed E-state index contributed by atoms with van der Waals surface area (Å²) in [4.78, 5) is 30.2. The lowest BCUT2D eigenvalue weighted by Crippen LogP contribution is -2.37. The highest BCUT2D eigenvalue weighted by Gasteiger charge is 2.25. The van der Waals surface area contributed by atoms with Crippen molar-refractivity contribution in [2.45, 2.75) is 19.9 Å². The van der Waals surface area contributed by atoms with Gasteiger partial charge in [0.1, 0.15) is 5.82 Å². The van der Waals surface area contributed by atoms with Crippen LogP contribution < -0.4 is 5.32 Å². The molecule has 0 saturated heterocycles. The van der Waals surface area contributed by atoms with Gasteiger partial charge in [0.25, 0.3) is 5.91 Å². The van der Waals surface area contributed by atoms with E-state index < -0.39 is 0 Å². The summed E-state index contributed by atoms with van der Waals surface area (Å²) in [6, 6.07) is 1.73. The summed E-state index contributed by atoms with van der Waals surface area (Å²) >= 11 is 0. The zero-order chi connectivity index (χ0) is 17.1. The van der Waals surface area contributed by atoms with Gasteiger partial charge in [-0.25, -0.2) is 4.79 Å². The predicted molar refractivity (Wildman–Crippen MR) is 86.5 cm³/mol. The number of carbonyl (C=O) groups is 2. The number of anilines is 1. The molecule has 2 amide bonds. The van der Waals surface area contributed by atoms with Crippen LogP contribution in [0.25, 0.3) is 0 Å². The highest BCUT2D eigenvalue weighted by Crippen LogP contribution is 2.23. The largest absolute Gasteiger partial charge is 0.450 e.